The zero-order chi connectivity index (χ0) is 13.2. The molecule has 3 nitrogen and oxygen atoms in total. The topological polar surface area (TPSA) is 28.2 Å². The molecule has 3 rings (SSSR count). The van der Waals surface area contributed by atoms with Crippen LogP contribution in [0.25, 0.3) is 0 Å². The van der Waals surface area contributed by atoms with Crippen molar-refractivity contribution in [2.45, 2.75) is 50.7 Å². The van der Waals surface area contributed by atoms with Gasteiger partial charge in [0, 0.05) is 24.3 Å². The smallest absolute Gasteiger partial charge is 0.141 e. The molecule has 3 unspecified atom stereocenters. The lowest BCUT2D eigenvalue weighted by Crippen LogP contribution is -2.46. The second-order valence-corrected chi connectivity index (χ2v) is 5.88. The molecule has 0 saturated carbocycles. The minimum Gasteiger partial charge on any atom is -0.307 e. The van der Waals surface area contributed by atoms with E-state index >= 15 is 0 Å². The average molecular weight is 263 g/mol. The molecule has 2 saturated heterocycles. The number of fused-ring (bicyclic) bond motifs is 1. The van der Waals surface area contributed by atoms with E-state index in [1.807, 2.05) is 0 Å². The van der Waals surface area contributed by atoms with Gasteiger partial charge in [0.1, 0.15) is 5.82 Å². The van der Waals surface area contributed by atoms with Gasteiger partial charge < -0.3 is 10.2 Å². The second kappa shape index (κ2) is 5.55. The number of nitrogens with one attached hydrogen (secondary N) is 1. The van der Waals surface area contributed by atoms with Crippen LogP contribution in [0.5, 0.6) is 0 Å². The van der Waals surface area contributed by atoms with E-state index in [-0.39, 0.29) is 11.9 Å². The molecule has 0 amide bonds. The minimum absolute atomic E-state index is 0.168. The molecule has 1 aromatic heterocycles. The van der Waals surface area contributed by atoms with Gasteiger partial charge >= 0.3 is 0 Å². The van der Waals surface area contributed by atoms with Crippen LogP contribution in [0.1, 0.15) is 44.2 Å². The molecule has 0 aromatic carbocycles. The second-order valence-electron chi connectivity index (χ2n) is 5.88. The van der Waals surface area contributed by atoms with Crippen molar-refractivity contribution < 1.29 is 4.39 Å². The Labute approximate surface area is 114 Å². The van der Waals surface area contributed by atoms with Crippen molar-refractivity contribution in [3.63, 3.8) is 0 Å². The molecular formula is C15H22FN3. The van der Waals surface area contributed by atoms with Crippen LogP contribution in [0.15, 0.2) is 18.5 Å². The van der Waals surface area contributed by atoms with Gasteiger partial charge in [0.2, 0.25) is 0 Å². The van der Waals surface area contributed by atoms with Gasteiger partial charge in [-0.25, -0.2) is 4.39 Å². The number of halogens is 1. The number of piperidine rings is 1. The third kappa shape index (κ3) is 2.95. The highest BCUT2D eigenvalue weighted by Gasteiger charge is 2.32. The Morgan fingerprint density at radius 1 is 1.37 bits per heavy atom. The van der Waals surface area contributed by atoms with Crippen LogP contribution in [-0.2, 0) is 0 Å². The fourth-order valence-electron chi connectivity index (χ4n) is 3.49. The largest absolute Gasteiger partial charge is 0.307 e. The fraction of sp³-hybridized carbons (Fsp3) is 0.667. The zero-order valence-electron chi connectivity index (χ0n) is 11.5. The molecule has 1 N–H and O–H groups in total. The Morgan fingerprint density at radius 3 is 3.11 bits per heavy atom. The lowest BCUT2D eigenvalue weighted by Gasteiger charge is -2.36. The molecule has 3 heterocycles. The first-order valence-electron chi connectivity index (χ1n) is 7.33. The number of nitrogens with zero attached hydrogens (tertiary/aromatic N) is 2. The predicted octanol–water partition coefficient (Wildman–Crippen LogP) is 2.50. The number of rotatable bonds is 3. The Hall–Kier alpha value is -1.00. The van der Waals surface area contributed by atoms with E-state index in [1.165, 1.54) is 45.0 Å². The summed E-state index contributed by atoms with van der Waals surface area (Å²) in [5.74, 6) is -0.253. The summed E-state index contributed by atoms with van der Waals surface area (Å²) >= 11 is 0. The highest BCUT2D eigenvalue weighted by Crippen LogP contribution is 2.28. The summed E-state index contributed by atoms with van der Waals surface area (Å²) in [5.41, 5.74) is 0.939. The van der Waals surface area contributed by atoms with Crippen LogP contribution < -0.4 is 5.32 Å². The minimum atomic E-state index is -0.253. The van der Waals surface area contributed by atoms with Gasteiger partial charge in [-0.2, -0.15) is 0 Å². The number of pyridine rings is 1. The molecule has 19 heavy (non-hydrogen) atoms. The van der Waals surface area contributed by atoms with Crippen molar-refractivity contribution in [1.82, 2.24) is 15.2 Å². The van der Waals surface area contributed by atoms with Gasteiger partial charge in [0.25, 0.3) is 0 Å². The van der Waals surface area contributed by atoms with Gasteiger partial charge in [-0.3, -0.25) is 4.98 Å². The van der Waals surface area contributed by atoms with Crippen LogP contribution in [0.3, 0.4) is 0 Å². The summed E-state index contributed by atoms with van der Waals surface area (Å²) in [6, 6.07) is 3.07. The molecule has 0 bridgehead atoms. The SMILES string of the molecule is CC(NC1CCN2CCCC2C1)c1cncc(F)c1. The summed E-state index contributed by atoms with van der Waals surface area (Å²) < 4.78 is 13.2. The summed E-state index contributed by atoms with van der Waals surface area (Å²) in [7, 11) is 0. The van der Waals surface area contributed by atoms with E-state index in [4.69, 9.17) is 0 Å². The van der Waals surface area contributed by atoms with Gasteiger partial charge in [-0.05, 0) is 57.3 Å². The summed E-state index contributed by atoms with van der Waals surface area (Å²) in [5, 5.41) is 3.64. The standard InChI is InChI=1S/C15H22FN3/c1-11(12-7-13(16)10-17-9-12)18-14-4-6-19-5-2-3-15(19)8-14/h7,9-11,14-15,18H,2-6,8H2,1H3. The van der Waals surface area contributed by atoms with E-state index < -0.39 is 0 Å². The van der Waals surface area contributed by atoms with Crippen LogP contribution in [0.2, 0.25) is 0 Å². The van der Waals surface area contributed by atoms with Gasteiger partial charge in [-0.1, -0.05) is 0 Å². The van der Waals surface area contributed by atoms with E-state index in [1.54, 1.807) is 12.3 Å². The zero-order valence-corrected chi connectivity index (χ0v) is 11.5. The van der Waals surface area contributed by atoms with Gasteiger partial charge in [0.15, 0.2) is 0 Å². The number of hydrogen-bond donors (Lipinski definition) is 1. The van der Waals surface area contributed by atoms with Gasteiger partial charge in [0.05, 0.1) is 6.20 Å². The van der Waals surface area contributed by atoms with Crippen molar-refractivity contribution in [1.29, 1.82) is 0 Å². The van der Waals surface area contributed by atoms with Gasteiger partial charge in [-0.15, -0.1) is 0 Å². The lowest BCUT2D eigenvalue weighted by molar-refractivity contribution is 0.162. The van der Waals surface area contributed by atoms with Crippen molar-refractivity contribution >= 4 is 0 Å². The Kier molecular flexibility index (Phi) is 3.80. The van der Waals surface area contributed by atoms with Crippen molar-refractivity contribution in [3.05, 3.63) is 29.8 Å². The molecule has 2 fully saturated rings. The van der Waals surface area contributed by atoms with E-state index in [0.717, 1.165) is 11.6 Å². The molecule has 0 spiro atoms. The first-order valence-corrected chi connectivity index (χ1v) is 7.33. The van der Waals surface area contributed by atoms with Crippen LogP contribution in [0.4, 0.5) is 4.39 Å². The maximum atomic E-state index is 13.2. The molecule has 4 heteroatoms. The maximum Gasteiger partial charge on any atom is 0.141 e. The molecule has 104 valence electrons. The van der Waals surface area contributed by atoms with E-state index in [0.29, 0.717) is 6.04 Å². The van der Waals surface area contributed by atoms with E-state index in [2.05, 4.69) is 22.1 Å². The third-order valence-corrected chi connectivity index (χ3v) is 4.53. The number of aromatic nitrogens is 1. The molecule has 0 radical (unpaired) electrons. The highest BCUT2D eigenvalue weighted by atomic mass is 19.1. The van der Waals surface area contributed by atoms with E-state index in [9.17, 15) is 4.39 Å². The van der Waals surface area contributed by atoms with Crippen LogP contribution in [-0.4, -0.2) is 35.1 Å². The molecule has 2 aliphatic heterocycles. The first-order chi connectivity index (χ1) is 9.22. The van der Waals surface area contributed by atoms with Crippen LogP contribution >= 0.6 is 0 Å². The van der Waals surface area contributed by atoms with Crippen molar-refractivity contribution in [3.8, 4) is 0 Å². The summed E-state index contributed by atoms with van der Waals surface area (Å²) in [6.45, 7) is 4.58. The quantitative estimate of drug-likeness (QED) is 0.908. The molecule has 2 aliphatic rings. The Morgan fingerprint density at radius 2 is 2.26 bits per heavy atom. The fourth-order valence-corrected chi connectivity index (χ4v) is 3.49. The Balaban J connectivity index is 1.59. The molecule has 1 aromatic rings. The first kappa shape index (κ1) is 13.0. The molecule has 0 aliphatic carbocycles. The maximum absolute atomic E-state index is 13.2. The van der Waals surface area contributed by atoms with Crippen LogP contribution in [0, 0.1) is 5.82 Å². The predicted molar refractivity (Wildman–Crippen MR) is 73.4 cm³/mol. The highest BCUT2D eigenvalue weighted by molar-refractivity contribution is 5.14. The lowest BCUT2D eigenvalue weighted by atomic mass is 9.96. The normalized spacial score (nSPS) is 29.2. The number of hydrogen-bond acceptors (Lipinski definition) is 3. The molecular weight excluding hydrogens is 241 g/mol. The van der Waals surface area contributed by atoms with Crippen molar-refractivity contribution in [2.24, 2.45) is 0 Å². The van der Waals surface area contributed by atoms with Crippen molar-refractivity contribution in [2.75, 3.05) is 13.1 Å². The average Bonchev–Trinajstić information content (AvgIpc) is 2.86. The monoisotopic (exact) mass is 263 g/mol. The molecule has 3 atom stereocenters. The third-order valence-electron chi connectivity index (χ3n) is 4.53. The summed E-state index contributed by atoms with van der Waals surface area (Å²) in [4.78, 5) is 6.55. The Bertz CT molecular complexity index is 437. The summed E-state index contributed by atoms with van der Waals surface area (Å²) in [6.07, 6.45) is 8.13.